The van der Waals surface area contributed by atoms with Crippen molar-refractivity contribution in [1.82, 2.24) is 5.06 Å². The molecular weight excluding hydrogens is 183 g/mol. The lowest BCUT2D eigenvalue weighted by Crippen LogP contribution is -2.17. The molecule has 1 fully saturated rings. The number of hydroxylamine groups is 2. The Kier molecular flexibility index (Phi) is 2.65. The molecule has 0 saturated carbocycles. The maximum absolute atomic E-state index is 12.7. The van der Waals surface area contributed by atoms with Crippen LogP contribution in [0.15, 0.2) is 18.2 Å². The SMILES string of the molecule is Nc1cc(F)ccc1CN1CCCO1. The van der Waals surface area contributed by atoms with Gasteiger partial charge in [0.2, 0.25) is 0 Å². The van der Waals surface area contributed by atoms with Gasteiger partial charge in [-0.25, -0.2) is 4.39 Å². The van der Waals surface area contributed by atoms with Crippen LogP contribution >= 0.6 is 0 Å². The number of hydrogen-bond acceptors (Lipinski definition) is 3. The molecule has 1 aliphatic heterocycles. The van der Waals surface area contributed by atoms with E-state index in [1.54, 1.807) is 6.07 Å². The zero-order valence-electron chi connectivity index (χ0n) is 7.87. The van der Waals surface area contributed by atoms with Crippen molar-refractivity contribution in [3.63, 3.8) is 0 Å². The van der Waals surface area contributed by atoms with Crippen molar-refractivity contribution in [3.05, 3.63) is 29.6 Å². The smallest absolute Gasteiger partial charge is 0.125 e. The molecule has 0 aliphatic carbocycles. The van der Waals surface area contributed by atoms with Gasteiger partial charge in [-0.3, -0.25) is 4.84 Å². The summed E-state index contributed by atoms with van der Waals surface area (Å²) in [7, 11) is 0. The number of nitrogens with two attached hydrogens (primary N) is 1. The van der Waals surface area contributed by atoms with E-state index >= 15 is 0 Å². The molecule has 1 saturated heterocycles. The highest BCUT2D eigenvalue weighted by Crippen LogP contribution is 2.17. The van der Waals surface area contributed by atoms with Crippen molar-refractivity contribution in [2.24, 2.45) is 0 Å². The Bertz CT molecular complexity index is 324. The van der Waals surface area contributed by atoms with Gasteiger partial charge in [0.25, 0.3) is 0 Å². The highest BCUT2D eigenvalue weighted by molar-refractivity contribution is 5.46. The van der Waals surface area contributed by atoms with Crippen molar-refractivity contribution >= 4 is 5.69 Å². The van der Waals surface area contributed by atoms with Crippen LogP contribution in [0.3, 0.4) is 0 Å². The Balaban J connectivity index is 2.08. The van der Waals surface area contributed by atoms with E-state index in [0.29, 0.717) is 12.2 Å². The summed E-state index contributed by atoms with van der Waals surface area (Å²) in [5, 5.41) is 1.85. The van der Waals surface area contributed by atoms with Crippen molar-refractivity contribution in [2.45, 2.75) is 13.0 Å². The molecule has 0 spiro atoms. The molecule has 1 aromatic carbocycles. The number of rotatable bonds is 2. The van der Waals surface area contributed by atoms with Crippen molar-refractivity contribution < 1.29 is 9.23 Å². The molecule has 1 aromatic rings. The third-order valence-electron chi connectivity index (χ3n) is 2.28. The van der Waals surface area contributed by atoms with E-state index < -0.39 is 0 Å². The number of hydrogen-bond donors (Lipinski definition) is 1. The van der Waals surface area contributed by atoms with Gasteiger partial charge in [-0.2, -0.15) is 5.06 Å². The standard InChI is InChI=1S/C10H13FN2O/c11-9-3-2-8(10(12)6-9)7-13-4-1-5-14-13/h2-3,6H,1,4-5,7,12H2. The fourth-order valence-corrected chi connectivity index (χ4v) is 1.52. The van der Waals surface area contributed by atoms with Crippen molar-refractivity contribution in [2.75, 3.05) is 18.9 Å². The van der Waals surface area contributed by atoms with E-state index in [-0.39, 0.29) is 5.82 Å². The zero-order chi connectivity index (χ0) is 9.97. The second kappa shape index (κ2) is 3.94. The summed E-state index contributed by atoms with van der Waals surface area (Å²) in [4.78, 5) is 5.33. The minimum atomic E-state index is -0.298. The monoisotopic (exact) mass is 196 g/mol. The molecule has 4 heteroatoms. The predicted molar refractivity (Wildman–Crippen MR) is 51.8 cm³/mol. The van der Waals surface area contributed by atoms with Gasteiger partial charge < -0.3 is 5.73 Å². The number of halogens is 1. The summed E-state index contributed by atoms with van der Waals surface area (Å²) in [5.41, 5.74) is 7.07. The van der Waals surface area contributed by atoms with Gasteiger partial charge in [0.15, 0.2) is 0 Å². The van der Waals surface area contributed by atoms with Crippen LogP contribution in [0.1, 0.15) is 12.0 Å². The zero-order valence-corrected chi connectivity index (χ0v) is 7.87. The first kappa shape index (κ1) is 9.43. The van der Waals surface area contributed by atoms with Crippen LogP contribution in [-0.4, -0.2) is 18.2 Å². The van der Waals surface area contributed by atoms with E-state index in [4.69, 9.17) is 10.6 Å². The molecule has 0 aromatic heterocycles. The average molecular weight is 196 g/mol. The first-order chi connectivity index (χ1) is 6.75. The molecule has 2 rings (SSSR count). The molecule has 76 valence electrons. The Hall–Kier alpha value is -1.13. The van der Waals surface area contributed by atoms with Gasteiger partial charge >= 0.3 is 0 Å². The molecule has 3 nitrogen and oxygen atoms in total. The normalized spacial score (nSPS) is 17.5. The lowest BCUT2D eigenvalue weighted by molar-refractivity contribution is -0.117. The van der Waals surface area contributed by atoms with Crippen LogP contribution in [0.25, 0.3) is 0 Å². The van der Waals surface area contributed by atoms with Gasteiger partial charge in [-0.05, 0) is 24.1 Å². The summed E-state index contributed by atoms with van der Waals surface area (Å²) >= 11 is 0. The topological polar surface area (TPSA) is 38.5 Å². The molecule has 0 atom stereocenters. The highest BCUT2D eigenvalue weighted by Gasteiger charge is 2.13. The Morgan fingerprint density at radius 2 is 2.36 bits per heavy atom. The average Bonchev–Trinajstić information content (AvgIpc) is 2.62. The second-order valence-corrected chi connectivity index (χ2v) is 3.39. The van der Waals surface area contributed by atoms with Gasteiger partial charge in [-0.15, -0.1) is 0 Å². The molecule has 1 heterocycles. The number of anilines is 1. The van der Waals surface area contributed by atoms with E-state index in [2.05, 4.69) is 0 Å². The summed E-state index contributed by atoms with van der Waals surface area (Å²) in [5.74, 6) is -0.298. The number of nitrogens with zero attached hydrogens (tertiary/aromatic N) is 1. The second-order valence-electron chi connectivity index (χ2n) is 3.39. The fraction of sp³-hybridized carbons (Fsp3) is 0.400. The number of nitrogen functional groups attached to an aromatic ring is 1. The van der Waals surface area contributed by atoms with Crippen molar-refractivity contribution in [1.29, 1.82) is 0 Å². The van der Waals surface area contributed by atoms with Gasteiger partial charge in [0.1, 0.15) is 5.82 Å². The van der Waals surface area contributed by atoms with Gasteiger partial charge in [0, 0.05) is 12.2 Å². The quantitative estimate of drug-likeness (QED) is 0.729. The first-order valence-electron chi connectivity index (χ1n) is 4.67. The molecule has 0 radical (unpaired) electrons. The first-order valence-corrected chi connectivity index (χ1v) is 4.67. The number of benzene rings is 1. The largest absolute Gasteiger partial charge is 0.398 e. The molecule has 14 heavy (non-hydrogen) atoms. The summed E-state index contributed by atoms with van der Waals surface area (Å²) < 4.78 is 12.7. The Morgan fingerprint density at radius 3 is 3.00 bits per heavy atom. The molecular formula is C10H13FN2O. The summed E-state index contributed by atoms with van der Waals surface area (Å²) in [6.45, 7) is 2.31. The molecule has 0 unspecified atom stereocenters. The van der Waals surface area contributed by atoms with E-state index in [1.165, 1.54) is 12.1 Å². The highest BCUT2D eigenvalue weighted by atomic mass is 19.1. The van der Waals surface area contributed by atoms with Crippen LogP contribution in [-0.2, 0) is 11.4 Å². The Labute approximate surface area is 82.2 Å². The summed E-state index contributed by atoms with van der Waals surface area (Å²) in [6, 6.07) is 4.46. The van der Waals surface area contributed by atoms with Gasteiger partial charge in [0.05, 0.1) is 13.2 Å². The van der Waals surface area contributed by atoms with Crippen LogP contribution in [0, 0.1) is 5.82 Å². The molecule has 0 bridgehead atoms. The molecule has 1 aliphatic rings. The minimum absolute atomic E-state index is 0.298. The van der Waals surface area contributed by atoms with Crippen molar-refractivity contribution in [3.8, 4) is 0 Å². The Morgan fingerprint density at radius 1 is 1.50 bits per heavy atom. The van der Waals surface area contributed by atoms with Gasteiger partial charge in [-0.1, -0.05) is 6.07 Å². The van der Waals surface area contributed by atoms with Crippen LogP contribution in [0.2, 0.25) is 0 Å². The maximum Gasteiger partial charge on any atom is 0.125 e. The minimum Gasteiger partial charge on any atom is -0.398 e. The van der Waals surface area contributed by atoms with E-state index in [0.717, 1.165) is 25.1 Å². The van der Waals surface area contributed by atoms with Crippen LogP contribution in [0.5, 0.6) is 0 Å². The van der Waals surface area contributed by atoms with E-state index in [9.17, 15) is 4.39 Å². The van der Waals surface area contributed by atoms with Crippen LogP contribution < -0.4 is 5.73 Å². The third kappa shape index (κ3) is 2.02. The van der Waals surface area contributed by atoms with Crippen LogP contribution in [0.4, 0.5) is 10.1 Å². The molecule has 2 N–H and O–H groups in total. The fourth-order valence-electron chi connectivity index (χ4n) is 1.52. The molecule has 0 amide bonds. The predicted octanol–water partition coefficient (Wildman–Crippen LogP) is 1.55. The van der Waals surface area contributed by atoms with E-state index in [1.807, 2.05) is 5.06 Å². The lowest BCUT2D eigenvalue weighted by Gasteiger charge is -2.14. The third-order valence-corrected chi connectivity index (χ3v) is 2.28. The maximum atomic E-state index is 12.7. The lowest BCUT2D eigenvalue weighted by atomic mass is 10.2. The summed E-state index contributed by atoms with van der Waals surface area (Å²) in [6.07, 6.45) is 1.04.